The number of benzene rings is 2. The van der Waals surface area contributed by atoms with Crippen molar-refractivity contribution >= 4 is 26.5 Å². The maximum absolute atomic E-state index is 14.9. The van der Waals surface area contributed by atoms with Gasteiger partial charge in [-0.15, -0.1) is 5.10 Å². The van der Waals surface area contributed by atoms with Gasteiger partial charge in [-0.05, 0) is 30.7 Å². The zero-order valence-electron chi connectivity index (χ0n) is 18.9. The van der Waals surface area contributed by atoms with Crippen LogP contribution in [0.5, 0.6) is 0 Å². The quantitative estimate of drug-likeness (QED) is 0.314. The van der Waals surface area contributed by atoms with E-state index >= 15 is 0 Å². The van der Waals surface area contributed by atoms with Crippen molar-refractivity contribution in [3.8, 4) is 5.69 Å². The molecule has 0 aliphatic rings. The van der Waals surface area contributed by atoms with Crippen molar-refractivity contribution in [2.24, 2.45) is 0 Å². The standard InChI is InChI=1S/C24H19F2N5O4S/c1-15-7-18(28-35-15)11-20(32)14-36(33,34)23-13-30(22-10-17(25)9-21(26)24(22)23)12-16-3-2-4-19(8-16)31-6-5-27-29-31/h2-10,13H,11-12,14H2,1H3. The van der Waals surface area contributed by atoms with E-state index in [1.54, 1.807) is 36.0 Å². The van der Waals surface area contributed by atoms with Crippen molar-refractivity contribution in [1.82, 2.24) is 24.7 Å². The zero-order chi connectivity index (χ0) is 25.4. The van der Waals surface area contributed by atoms with E-state index in [4.69, 9.17) is 4.52 Å². The number of ketones is 1. The second-order valence-corrected chi connectivity index (χ2v) is 10.3. The summed E-state index contributed by atoms with van der Waals surface area (Å²) in [5.74, 6) is -2.89. The van der Waals surface area contributed by atoms with E-state index in [0.29, 0.717) is 23.2 Å². The highest BCUT2D eigenvalue weighted by Gasteiger charge is 2.27. The van der Waals surface area contributed by atoms with E-state index in [0.717, 1.165) is 11.6 Å². The van der Waals surface area contributed by atoms with Crippen LogP contribution in [0.1, 0.15) is 17.0 Å². The number of halogens is 2. The summed E-state index contributed by atoms with van der Waals surface area (Å²) in [5.41, 5.74) is 1.79. The Morgan fingerprint density at radius 3 is 2.69 bits per heavy atom. The van der Waals surface area contributed by atoms with Gasteiger partial charge in [0.15, 0.2) is 15.6 Å². The predicted molar refractivity (Wildman–Crippen MR) is 124 cm³/mol. The molecule has 0 saturated heterocycles. The molecular weight excluding hydrogens is 492 g/mol. The second kappa shape index (κ2) is 9.11. The monoisotopic (exact) mass is 511 g/mol. The lowest BCUT2D eigenvalue weighted by atomic mass is 10.2. The van der Waals surface area contributed by atoms with Gasteiger partial charge in [0, 0.05) is 24.9 Å². The first-order valence-electron chi connectivity index (χ1n) is 10.8. The SMILES string of the molecule is Cc1cc(CC(=O)CS(=O)(=O)c2cn(Cc3cccc(-n4ccnn4)c3)c3cc(F)cc(F)c23)no1. The van der Waals surface area contributed by atoms with Crippen LogP contribution in [-0.2, 0) is 27.6 Å². The van der Waals surface area contributed by atoms with Gasteiger partial charge in [-0.25, -0.2) is 21.9 Å². The third-order valence-electron chi connectivity index (χ3n) is 5.55. The van der Waals surface area contributed by atoms with E-state index in [1.165, 1.54) is 23.0 Å². The average molecular weight is 512 g/mol. The molecule has 3 aromatic heterocycles. The maximum Gasteiger partial charge on any atom is 0.187 e. The summed E-state index contributed by atoms with van der Waals surface area (Å²) >= 11 is 0. The lowest BCUT2D eigenvalue weighted by Crippen LogP contribution is -2.18. The third kappa shape index (κ3) is 4.67. The number of aryl methyl sites for hydroxylation is 1. The van der Waals surface area contributed by atoms with Crippen molar-refractivity contribution in [2.75, 3.05) is 5.75 Å². The molecule has 184 valence electrons. The number of carbonyl (C=O) groups is 1. The highest BCUT2D eigenvalue weighted by atomic mass is 32.2. The van der Waals surface area contributed by atoms with Crippen LogP contribution in [0.15, 0.2) is 70.5 Å². The molecule has 0 N–H and O–H groups in total. The number of carbonyl (C=O) groups excluding carboxylic acids is 1. The van der Waals surface area contributed by atoms with Gasteiger partial charge >= 0.3 is 0 Å². The average Bonchev–Trinajstić information content (AvgIpc) is 3.55. The van der Waals surface area contributed by atoms with Gasteiger partial charge in [0.05, 0.1) is 46.0 Å². The minimum Gasteiger partial charge on any atom is -0.361 e. The van der Waals surface area contributed by atoms with E-state index in [9.17, 15) is 22.0 Å². The number of Topliss-reactive ketones (excluding diaryl/α,β-unsaturated/α-hetero) is 1. The second-order valence-electron chi connectivity index (χ2n) is 8.32. The molecule has 12 heteroatoms. The van der Waals surface area contributed by atoms with Crippen LogP contribution in [0.4, 0.5) is 8.78 Å². The molecule has 5 aromatic rings. The van der Waals surface area contributed by atoms with Crippen LogP contribution >= 0.6 is 0 Å². The largest absolute Gasteiger partial charge is 0.361 e. The molecule has 0 saturated carbocycles. The van der Waals surface area contributed by atoms with E-state index in [1.807, 2.05) is 6.07 Å². The lowest BCUT2D eigenvalue weighted by molar-refractivity contribution is -0.116. The van der Waals surface area contributed by atoms with Crippen molar-refractivity contribution < 1.29 is 26.5 Å². The Morgan fingerprint density at radius 1 is 1.14 bits per heavy atom. The number of sulfone groups is 1. The van der Waals surface area contributed by atoms with Gasteiger partial charge in [0.2, 0.25) is 0 Å². The smallest absolute Gasteiger partial charge is 0.187 e. The summed E-state index contributed by atoms with van der Waals surface area (Å²) in [5, 5.41) is 11.1. The molecule has 3 heterocycles. The number of hydrogen-bond acceptors (Lipinski definition) is 7. The van der Waals surface area contributed by atoms with Crippen LogP contribution in [0.2, 0.25) is 0 Å². The van der Waals surface area contributed by atoms with Gasteiger partial charge in [-0.2, -0.15) is 0 Å². The van der Waals surface area contributed by atoms with Crippen molar-refractivity contribution in [1.29, 1.82) is 0 Å². The Balaban J connectivity index is 1.51. The first kappa shape index (κ1) is 23.5. The summed E-state index contributed by atoms with van der Waals surface area (Å²) in [6.45, 7) is 1.76. The van der Waals surface area contributed by atoms with Crippen LogP contribution in [0, 0.1) is 18.6 Å². The van der Waals surface area contributed by atoms with Gasteiger partial charge in [0.25, 0.3) is 0 Å². The number of fused-ring (bicyclic) bond motifs is 1. The summed E-state index contributed by atoms with van der Waals surface area (Å²) in [6, 6.07) is 10.4. The van der Waals surface area contributed by atoms with Crippen molar-refractivity contribution in [3.05, 3.63) is 89.7 Å². The molecule has 0 unspecified atom stereocenters. The molecule has 0 aliphatic carbocycles. The molecule has 36 heavy (non-hydrogen) atoms. The van der Waals surface area contributed by atoms with Crippen molar-refractivity contribution in [2.45, 2.75) is 24.8 Å². The minimum absolute atomic E-state index is 0.0526. The number of aromatic nitrogens is 5. The van der Waals surface area contributed by atoms with Crippen LogP contribution in [0.3, 0.4) is 0 Å². The van der Waals surface area contributed by atoms with Crippen molar-refractivity contribution in [3.63, 3.8) is 0 Å². The zero-order valence-corrected chi connectivity index (χ0v) is 19.7. The third-order valence-corrected chi connectivity index (χ3v) is 7.24. The predicted octanol–water partition coefficient (Wildman–Crippen LogP) is 3.43. The fourth-order valence-electron chi connectivity index (χ4n) is 4.06. The van der Waals surface area contributed by atoms with Crippen LogP contribution in [-0.4, -0.2) is 44.7 Å². The topological polar surface area (TPSA) is 113 Å². The fraction of sp³-hybridized carbons (Fsp3) is 0.167. The Morgan fingerprint density at radius 2 is 1.97 bits per heavy atom. The number of nitrogens with zero attached hydrogens (tertiary/aromatic N) is 5. The molecule has 5 rings (SSSR count). The number of rotatable bonds is 8. The van der Waals surface area contributed by atoms with Gasteiger partial charge in [-0.1, -0.05) is 22.5 Å². The first-order chi connectivity index (χ1) is 17.2. The molecule has 0 fully saturated rings. The lowest BCUT2D eigenvalue weighted by Gasteiger charge is -2.08. The fourth-order valence-corrected chi connectivity index (χ4v) is 5.54. The molecule has 0 spiro atoms. The Labute approximate surface area is 203 Å². The maximum atomic E-state index is 14.9. The number of hydrogen-bond donors (Lipinski definition) is 0. The minimum atomic E-state index is -4.26. The molecular formula is C24H19F2N5O4S. The summed E-state index contributed by atoms with van der Waals surface area (Å²) in [4.78, 5) is 12.1. The van der Waals surface area contributed by atoms with Crippen LogP contribution < -0.4 is 0 Å². The highest BCUT2D eigenvalue weighted by Crippen LogP contribution is 2.31. The Hall–Kier alpha value is -4.19. The van der Waals surface area contributed by atoms with Crippen LogP contribution in [0.25, 0.3) is 16.6 Å². The molecule has 2 aromatic carbocycles. The molecule has 9 nitrogen and oxygen atoms in total. The Kier molecular flexibility index (Phi) is 5.96. The normalized spacial score (nSPS) is 11.9. The molecule has 0 radical (unpaired) electrons. The summed E-state index contributed by atoms with van der Waals surface area (Å²) < 4.78 is 63.3. The van der Waals surface area contributed by atoms with E-state index in [2.05, 4.69) is 15.5 Å². The summed E-state index contributed by atoms with van der Waals surface area (Å²) in [7, 11) is -4.26. The highest BCUT2D eigenvalue weighted by molar-refractivity contribution is 7.92. The molecule has 0 atom stereocenters. The van der Waals surface area contributed by atoms with Gasteiger partial charge in [0.1, 0.15) is 23.1 Å². The molecule has 0 amide bonds. The Bertz CT molecular complexity index is 1690. The first-order valence-corrected chi connectivity index (χ1v) is 12.4. The molecule has 0 bridgehead atoms. The van der Waals surface area contributed by atoms with Gasteiger partial charge < -0.3 is 9.09 Å². The summed E-state index contributed by atoms with van der Waals surface area (Å²) in [6.07, 6.45) is 4.18. The van der Waals surface area contributed by atoms with E-state index in [-0.39, 0.29) is 28.8 Å². The molecule has 0 aliphatic heterocycles. The van der Waals surface area contributed by atoms with Gasteiger partial charge in [-0.3, -0.25) is 4.79 Å². The van der Waals surface area contributed by atoms with E-state index < -0.39 is 33.0 Å².